The van der Waals surface area contributed by atoms with Gasteiger partial charge in [0.25, 0.3) is 5.56 Å². The van der Waals surface area contributed by atoms with E-state index in [9.17, 15) is 4.79 Å². The minimum atomic E-state index is -0.142. The fraction of sp³-hybridized carbons (Fsp3) is 0.343. The summed E-state index contributed by atoms with van der Waals surface area (Å²) >= 11 is 8.40. The maximum atomic E-state index is 13.9. The Bertz CT molecular complexity index is 1720. The molecule has 3 heterocycles. The Morgan fingerprint density at radius 2 is 1.84 bits per heavy atom. The Kier molecular flexibility index (Phi) is 10.0. The molecule has 1 N–H and O–H groups in total. The molecule has 2 aromatic carbocycles. The van der Waals surface area contributed by atoms with E-state index in [0.717, 1.165) is 65.1 Å². The molecule has 7 nitrogen and oxygen atoms in total. The SMILES string of the molecule is C=Cc1cc(-c2ccc(-c3ncc(C)s3)cc2Cl)c(=O)n(CC)c1N=C(Nc1ccc(N2CCN(C)CC2)cc1)C(C)CC. The van der Waals surface area contributed by atoms with Crippen molar-refractivity contribution in [1.82, 2.24) is 14.5 Å². The highest BCUT2D eigenvalue weighted by atomic mass is 35.5. The van der Waals surface area contributed by atoms with Crippen LogP contribution in [0.5, 0.6) is 0 Å². The largest absolute Gasteiger partial charge is 0.369 e. The standard InChI is InChI=1S/C35H41ClN6OS/c1-7-23(4)32(38-27-11-13-28(14-12-27)41-18-16-40(6)17-19-41)39-33-25(8-2)20-30(35(43)42(33)9-3)29-15-10-26(21-31(29)36)34-37-22-24(5)44-34/h8,10-15,20-23H,2,7,9,16-19H2,1,3-6H3,(H,38,39). The molecule has 1 fully saturated rings. The third-order valence-electron chi connectivity index (χ3n) is 8.27. The van der Waals surface area contributed by atoms with Crippen molar-refractivity contribution < 1.29 is 0 Å². The van der Waals surface area contributed by atoms with Crippen molar-refractivity contribution in [3.63, 3.8) is 0 Å². The lowest BCUT2D eigenvalue weighted by Crippen LogP contribution is -2.44. The molecule has 1 aliphatic rings. The van der Waals surface area contributed by atoms with Crippen LogP contribution in [-0.4, -0.2) is 53.5 Å². The number of hydrogen-bond donors (Lipinski definition) is 1. The monoisotopic (exact) mass is 628 g/mol. The van der Waals surface area contributed by atoms with Crippen LogP contribution in [0, 0.1) is 12.8 Å². The number of halogens is 1. The molecular weight excluding hydrogens is 588 g/mol. The number of aryl methyl sites for hydroxylation is 1. The van der Waals surface area contributed by atoms with E-state index >= 15 is 0 Å². The van der Waals surface area contributed by atoms with Gasteiger partial charge in [0.1, 0.15) is 16.7 Å². The van der Waals surface area contributed by atoms with Gasteiger partial charge in [0, 0.05) is 88.4 Å². The van der Waals surface area contributed by atoms with Gasteiger partial charge in [0.15, 0.2) is 0 Å². The number of nitrogens with zero attached hydrogens (tertiary/aromatic N) is 5. The molecule has 0 radical (unpaired) electrons. The van der Waals surface area contributed by atoms with Gasteiger partial charge in [0.05, 0.1) is 0 Å². The Morgan fingerprint density at radius 1 is 1.11 bits per heavy atom. The first kappa shape index (κ1) is 31.7. The van der Waals surface area contributed by atoms with Gasteiger partial charge in [-0.3, -0.25) is 9.36 Å². The summed E-state index contributed by atoms with van der Waals surface area (Å²) in [6, 6.07) is 16.1. The number of nitrogens with one attached hydrogen (secondary N) is 1. The number of rotatable bonds is 9. The van der Waals surface area contributed by atoms with E-state index in [1.54, 1.807) is 22.0 Å². The van der Waals surface area contributed by atoms with Crippen molar-refractivity contribution in [2.75, 3.05) is 43.4 Å². The zero-order chi connectivity index (χ0) is 31.4. The number of anilines is 2. The molecule has 230 valence electrons. The lowest BCUT2D eigenvalue weighted by atomic mass is 10.0. The molecule has 0 aliphatic carbocycles. The summed E-state index contributed by atoms with van der Waals surface area (Å²) in [6.07, 6.45) is 4.50. The van der Waals surface area contributed by atoms with Gasteiger partial charge in [0.2, 0.25) is 0 Å². The van der Waals surface area contributed by atoms with Crippen LogP contribution < -0.4 is 15.8 Å². The first-order chi connectivity index (χ1) is 21.2. The molecule has 5 rings (SSSR count). The summed E-state index contributed by atoms with van der Waals surface area (Å²) in [5.74, 6) is 1.53. The summed E-state index contributed by atoms with van der Waals surface area (Å²) < 4.78 is 1.71. The van der Waals surface area contributed by atoms with Crippen LogP contribution >= 0.6 is 22.9 Å². The number of likely N-dealkylation sites (N-methyl/N-ethyl adjacent to an activating group) is 1. The first-order valence-electron chi connectivity index (χ1n) is 15.2. The predicted molar refractivity (Wildman–Crippen MR) is 189 cm³/mol. The van der Waals surface area contributed by atoms with Crippen LogP contribution in [0.1, 0.15) is 37.6 Å². The van der Waals surface area contributed by atoms with Gasteiger partial charge in [-0.05, 0) is 63.7 Å². The smallest absolute Gasteiger partial charge is 0.260 e. The summed E-state index contributed by atoms with van der Waals surface area (Å²) in [7, 11) is 2.17. The van der Waals surface area contributed by atoms with Gasteiger partial charge in [-0.2, -0.15) is 0 Å². The van der Waals surface area contributed by atoms with Crippen molar-refractivity contribution in [3.05, 3.63) is 87.1 Å². The molecule has 1 atom stereocenters. The second-order valence-corrected chi connectivity index (χ2v) is 13.0. The highest BCUT2D eigenvalue weighted by molar-refractivity contribution is 7.14. The molecule has 44 heavy (non-hydrogen) atoms. The van der Waals surface area contributed by atoms with E-state index in [4.69, 9.17) is 16.6 Å². The quantitative estimate of drug-likeness (QED) is 0.149. The van der Waals surface area contributed by atoms with Crippen molar-refractivity contribution >= 4 is 52.0 Å². The second kappa shape index (κ2) is 13.9. The van der Waals surface area contributed by atoms with E-state index in [1.165, 1.54) is 5.69 Å². The van der Waals surface area contributed by atoms with Crippen molar-refractivity contribution in [2.24, 2.45) is 10.9 Å². The number of pyridine rings is 1. The third-order valence-corrected chi connectivity index (χ3v) is 9.54. The molecule has 1 unspecified atom stereocenters. The summed E-state index contributed by atoms with van der Waals surface area (Å²) in [5.41, 5.74) is 4.94. The molecule has 0 saturated carbocycles. The third kappa shape index (κ3) is 6.83. The van der Waals surface area contributed by atoms with Crippen LogP contribution in [0.25, 0.3) is 27.8 Å². The fourth-order valence-corrected chi connectivity index (χ4v) is 6.38. The number of aliphatic imine (C=N–C) groups is 1. The minimum absolute atomic E-state index is 0.140. The number of piperazine rings is 1. The van der Waals surface area contributed by atoms with Crippen molar-refractivity contribution in [3.8, 4) is 21.7 Å². The van der Waals surface area contributed by atoms with Crippen molar-refractivity contribution in [1.29, 1.82) is 0 Å². The topological polar surface area (TPSA) is 65.8 Å². The zero-order valence-corrected chi connectivity index (χ0v) is 27.8. The summed E-state index contributed by atoms with van der Waals surface area (Å²) in [6.45, 7) is 17.0. The normalized spacial score (nSPS) is 15.0. The molecule has 1 aliphatic heterocycles. The molecule has 2 aromatic heterocycles. The van der Waals surface area contributed by atoms with Crippen LogP contribution in [0.3, 0.4) is 0 Å². The molecule has 1 saturated heterocycles. The Hall–Kier alpha value is -3.72. The summed E-state index contributed by atoms with van der Waals surface area (Å²) in [4.78, 5) is 29.4. The van der Waals surface area contributed by atoms with Crippen LogP contribution in [-0.2, 0) is 6.54 Å². The van der Waals surface area contributed by atoms with Crippen LogP contribution in [0.15, 0.2) is 71.1 Å². The molecule has 9 heteroatoms. The predicted octanol–water partition coefficient (Wildman–Crippen LogP) is 8.20. The van der Waals surface area contributed by atoms with Gasteiger partial charge in [-0.25, -0.2) is 9.98 Å². The zero-order valence-electron chi connectivity index (χ0n) is 26.2. The van der Waals surface area contributed by atoms with E-state index in [2.05, 4.69) is 71.8 Å². The van der Waals surface area contributed by atoms with E-state index < -0.39 is 0 Å². The van der Waals surface area contributed by atoms with Crippen LogP contribution in [0.2, 0.25) is 5.02 Å². The van der Waals surface area contributed by atoms with Gasteiger partial charge in [-0.1, -0.05) is 50.2 Å². The van der Waals surface area contributed by atoms with Gasteiger partial charge >= 0.3 is 0 Å². The number of thiazole rings is 1. The van der Waals surface area contributed by atoms with Gasteiger partial charge in [-0.15, -0.1) is 11.3 Å². The van der Waals surface area contributed by atoms with Gasteiger partial charge < -0.3 is 15.1 Å². The molecule has 0 spiro atoms. The Morgan fingerprint density at radius 3 is 2.43 bits per heavy atom. The second-order valence-electron chi connectivity index (χ2n) is 11.3. The number of benzene rings is 2. The molecule has 4 aromatic rings. The average molecular weight is 629 g/mol. The Labute approximate surface area is 269 Å². The first-order valence-corrected chi connectivity index (χ1v) is 16.4. The lowest BCUT2D eigenvalue weighted by Gasteiger charge is -2.34. The number of aromatic nitrogens is 2. The highest BCUT2D eigenvalue weighted by Crippen LogP contribution is 2.34. The van der Waals surface area contributed by atoms with Crippen molar-refractivity contribution in [2.45, 2.75) is 40.7 Å². The fourth-order valence-electron chi connectivity index (χ4n) is 5.33. The van der Waals surface area contributed by atoms with E-state index in [-0.39, 0.29) is 11.5 Å². The molecule has 0 bridgehead atoms. The van der Waals surface area contributed by atoms with E-state index in [1.807, 2.05) is 44.3 Å². The molecule has 0 amide bonds. The number of amidine groups is 1. The maximum Gasteiger partial charge on any atom is 0.260 e. The highest BCUT2D eigenvalue weighted by Gasteiger charge is 2.19. The average Bonchev–Trinajstić information content (AvgIpc) is 3.47. The minimum Gasteiger partial charge on any atom is -0.369 e. The van der Waals surface area contributed by atoms with Crippen LogP contribution in [0.4, 0.5) is 17.2 Å². The maximum absolute atomic E-state index is 13.9. The van der Waals surface area contributed by atoms with E-state index in [0.29, 0.717) is 28.5 Å². The summed E-state index contributed by atoms with van der Waals surface area (Å²) in [5, 5.41) is 4.97. The lowest BCUT2D eigenvalue weighted by molar-refractivity contribution is 0.313. The Balaban J connectivity index is 1.49. The number of hydrogen-bond acceptors (Lipinski definition) is 6. The molecular formula is C35H41ClN6OS.